The molecule has 2 aromatic heterocycles. The van der Waals surface area contributed by atoms with Gasteiger partial charge in [-0.25, -0.2) is 4.98 Å². The van der Waals surface area contributed by atoms with Crippen LogP contribution in [-0.4, -0.2) is 17.0 Å². The predicted molar refractivity (Wildman–Crippen MR) is 68.7 cm³/mol. The normalized spacial score (nSPS) is 12.0. The van der Waals surface area contributed by atoms with E-state index in [4.69, 9.17) is 0 Å². The van der Waals surface area contributed by atoms with Crippen LogP contribution < -0.4 is 5.32 Å². The number of aromatic amines is 1. The molecule has 0 bridgehead atoms. The standard InChI is InChI=1S/C12H17N3S/c1-8-10(12(2,3)13-4)16-11(15-8)9-5-6-14-7-9/h5-7,13-14H,1-4H3. The first kappa shape index (κ1) is 11.4. The number of hydrogen-bond donors (Lipinski definition) is 2. The molecule has 0 aliphatic heterocycles. The molecular formula is C12H17N3S. The number of hydrogen-bond acceptors (Lipinski definition) is 3. The third-order valence-corrected chi connectivity index (χ3v) is 4.36. The summed E-state index contributed by atoms with van der Waals surface area (Å²) in [5.74, 6) is 0. The molecule has 3 nitrogen and oxygen atoms in total. The molecule has 0 aromatic carbocycles. The summed E-state index contributed by atoms with van der Waals surface area (Å²) in [7, 11) is 1.98. The average molecular weight is 235 g/mol. The maximum atomic E-state index is 4.63. The van der Waals surface area contributed by atoms with Crippen molar-refractivity contribution in [2.45, 2.75) is 26.3 Å². The molecule has 2 N–H and O–H groups in total. The molecule has 0 amide bonds. The van der Waals surface area contributed by atoms with Crippen molar-refractivity contribution < 1.29 is 0 Å². The van der Waals surface area contributed by atoms with Crippen molar-refractivity contribution in [3.63, 3.8) is 0 Å². The van der Waals surface area contributed by atoms with E-state index < -0.39 is 0 Å². The summed E-state index contributed by atoms with van der Waals surface area (Å²) in [6, 6.07) is 2.05. The Balaban J connectivity index is 2.44. The molecule has 86 valence electrons. The molecule has 16 heavy (non-hydrogen) atoms. The summed E-state index contributed by atoms with van der Waals surface area (Å²) in [5, 5.41) is 4.40. The predicted octanol–water partition coefficient (Wildman–Crippen LogP) is 2.90. The molecule has 2 heterocycles. The molecule has 0 spiro atoms. The minimum absolute atomic E-state index is 0.0176. The lowest BCUT2D eigenvalue weighted by molar-refractivity contribution is 0.450. The van der Waals surface area contributed by atoms with Crippen LogP contribution in [-0.2, 0) is 5.54 Å². The number of aryl methyl sites for hydroxylation is 1. The van der Waals surface area contributed by atoms with Crippen LogP contribution in [0.25, 0.3) is 10.6 Å². The Kier molecular flexibility index (Phi) is 2.86. The third-order valence-electron chi connectivity index (χ3n) is 2.83. The maximum absolute atomic E-state index is 4.63. The van der Waals surface area contributed by atoms with Crippen LogP contribution in [0.4, 0.5) is 0 Å². The Morgan fingerprint density at radius 1 is 1.44 bits per heavy atom. The number of rotatable bonds is 3. The van der Waals surface area contributed by atoms with E-state index in [-0.39, 0.29) is 5.54 Å². The molecular weight excluding hydrogens is 218 g/mol. The highest BCUT2D eigenvalue weighted by Gasteiger charge is 2.24. The second-order valence-corrected chi connectivity index (χ2v) is 5.41. The zero-order chi connectivity index (χ0) is 11.8. The monoisotopic (exact) mass is 235 g/mol. The van der Waals surface area contributed by atoms with E-state index in [1.807, 2.05) is 19.4 Å². The summed E-state index contributed by atoms with van der Waals surface area (Å²) in [6.45, 7) is 6.42. The summed E-state index contributed by atoms with van der Waals surface area (Å²) < 4.78 is 0. The Bertz CT molecular complexity index is 468. The van der Waals surface area contributed by atoms with Crippen molar-refractivity contribution >= 4 is 11.3 Å². The van der Waals surface area contributed by atoms with Gasteiger partial charge in [-0.05, 0) is 33.9 Å². The van der Waals surface area contributed by atoms with Gasteiger partial charge in [0.15, 0.2) is 0 Å². The highest BCUT2D eigenvalue weighted by Crippen LogP contribution is 2.34. The molecule has 2 aromatic rings. The molecule has 0 aliphatic rings. The van der Waals surface area contributed by atoms with Crippen LogP contribution in [0.1, 0.15) is 24.4 Å². The highest BCUT2D eigenvalue weighted by molar-refractivity contribution is 7.15. The van der Waals surface area contributed by atoms with Gasteiger partial charge in [0, 0.05) is 28.4 Å². The molecule has 0 aliphatic carbocycles. The summed E-state index contributed by atoms with van der Waals surface area (Å²) in [6.07, 6.45) is 3.91. The minimum Gasteiger partial charge on any atom is -0.367 e. The summed E-state index contributed by atoms with van der Waals surface area (Å²) in [4.78, 5) is 8.98. The van der Waals surface area contributed by atoms with Crippen LogP contribution in [0.3, 0.4) is 0 Å². The zero-order valence-corrected chi connectivity index (χ0v) is 10.9. The number of H-pyrrole nitrogens is 1. The van der Waals surface area contributed by atoms with Gasteiger partial charge in [0.2, 0.25) is 0 Å². The zero-order valence-electron chi connectivity index (χ0n) is 10.1. The van der Waals surface area contributed by atoms with Crippen LogP contribution in [0.15, 0.2) is 18.5 Å². The second-order valence-electron chi connectivity index (χ2n) is 4.41. The van der Waals surface area contributed by atoms with Crippen LogP contribution in [0.2, 0.25) is 0 Å². The molecule has 0 unspecified atom stereocenters. The molecule has 4 heteroatoms. The molecule has 0 atom stereocenters. The van der Waals surface area contributed by atoms with Crippen LogP contribution in [0, 0.1) is 6.92 Å². The fourth-order valence-electron chi connectivity index (χ4n) is 1.67. The first-order valence-corrected chi connectivity index (χ1v) is 6.16. The van der Waals surface area contributed by atoms with Gasteiger partial charge >= 0.3 is 0 Å². The van der Waals surface area contributed by atoms with Gasteiger partial charge in [0.25, 0.3) is 0 Å². The van der Waals surface area contributed by atoms with Gasteiger partial charge in [-0.1, -0.05) is 0 Å². The first-order valence-electron chi connectivity index (χ1n) is 5.34. The summed E-state index contributed by atoms with van der Waals surface area (Å²) in [5.41, 5.74) is 2.25. The average Bonchev–Trinajstić information content (AvgIpc) is 2.85. The number of thiazole rings is 1. The largest absolute Gasteiger partial charge is 0.367 e. The first-order chi connectivity index (χ1) is 7.54. The van der Waals surface area contributed by atoms with E-state index in [1.165, 1.54) is 4.88 Å². The molecule has 0 radical (unpaired) electrons. The van der Waals surface area contributed by atoms with E-state index in [2.05, 4.69) is 42.1 Å². The number of nitrogens with zero attached hydrogens (tertiary/aromatic N) is 1. The van der Waals surface area contributed by atoms with Crippen molar-refractivity contribution in [3.8, 4) is 10.6 Å². The van der Waals surface area contributed by atoms with Crippen LogP contribution in [0.5, 0.6) is 0 Å². The second kappa shape index (κ2) is 4.03. The Labute approximate surface area is 99.9 Å². The van der Waals surface area contributed by atoms with E-state index >= 15 is 0 Å². The molecule has 0 saturated carbocycles. The van der Waals surface area contributed by atoms with E-state index in [9.17, 15) is 0 Å². The SMILES string of the molecule is CNC(C)(C)c1sc(-c2cc[nH]c2)nc1C. The van der Waals surface area contributed by atoms with Crippen molar-refractivity contribution in [2.24, 2.45) is 0 Å². The quantitative estimate of drug-likeness (QED) is 0.859. The van der Waals surface area contributed by atoms with E-state index in [0.717, 1.165) is 16.3 Å². The smallest absolute Gasteiger partial charge is 0.125 e. The number of aromatic nitrogens is 2. The highest BCUT2D eigenvalue weighted by atomic mass is 32.1. The van der Waals surface area contributed by atoms with E-state index in [1.54, 1.807) is 11.3 Å². The van der Waals surface area contributed by atoms with Gasteiger partial charge in [0.05, 0.1) is 5.69 Å². The molecule has 2 rings (SSSR count). The van der Waals surface area contributed by atoms with Gasteiger partial charge < -0.3 is 10.3 Å². The Hall–Kier alpha value is -1.13. The van der Waals surface area contributed by atoms with Gasteiger partial charge in [-0.15, -0.1) is 11.3 Å². The van der Waals surface area contributed by atoms with Crippen molar-refractivity contribution in [2.75, 3.05) is 7.05 Å². The fourth-order valence-corrected chi connectivity index (χ4v) is 2.84. The molecule has 0 saturated heterocycles. The van der Waals surface area contributed by atoms with Gasteiger partial charge in [-0.2, -0.15) is 0 Å². The van der Waals surface area contributed by atoms with Crippen molar-refractivity contribution in [3.05, 3.63) is 29.0 Å². The fraction of sp³-hybridized carbons (Fsp3) is 0.417. The topological polar surface area (TPSA) is 40.7 Å². The Morgan fingerprint density at radius 2 is 2.19 bits per heavy atom. The Morgan fingerprint density at radius 3 is 2.75 bits per heavy atom. The lowest BCUT2D eigenvalue weighted by atomic mass is 10.0. The lowest BCUT2D eigenvalue weighted by Crippen LogP contribution is -2.32. The lowest BCUT2D eigenvalue weighted by Gasteiger charge is -2.22. The molecule has 0 fully saturated rings. The van der Waals surface area contributed by atoms with Crippen LogP contribution >= 0.6 is 11.3 Å². The van der Waals surface area contributed by atoms with Crippen molar-refractivity contribution in [1.29, 1.82) is 0 Å². The summed E-state index contributed by atoms with van der Waals surface area (Å²) >= 11 is 1.76. The van der Waals surface area contributed by atoms with E-state index in [0.29, 0.717) is 0 Å². The van der Waals surface area contributed by atoms with Crippen molar-refractivity contribution in [1.82, 2.24) is 15.3 Å². The number of nitrogens with one attached hydrogen (secondary N) is 2. The van der Waals surface area contributed by atoms with Gasteiger partial charge in [0.1, 0.15) is 5.01 Å². The maximum Gasteiger partial charge on any atom is 0.125 e. The minimum atomic E-state index is -0.0176. The third kappa shape index (κ3) is 1.90. The van der Waals surface area contributed by atoms with Gasteiger partial charge in [-0.3, -0.25) is 0 Å².